The fraction of sp³-hybridized carbons (Fsp3) is 0.158. The van der Waals surface area contributed by atoms with Crippen LogP contribution < -0.4 is 5.14 Å². The summed E-state index contributed by atoms with van der Waals surface area (Å²) in [6, 6.07) is 11.1. The number of rotatable bonds is 5. The van der Waals surface area contributed by atoms with Gasteiger partial charge in [-0.15, -0.1) is 0 Å². The second-order valence-electron chi connectivity index (χ2n) is 6.07. The molecular formula is C19H17NO6S. The first-order valence-corrected chi connectivity index (χ1v) is 9.55. The van der Waals surface area contributed by atoms with Crippen LogP contribution in [0.25, 0.3) is 11.0 Å². The van der Waals surface area contributed by atoms with Gasteiger partial charge in [0.15, 0.2) is 12.4 Å². The Morgan fingerprint density at radius 2 is 1.81 bits per heavy atom. The number of esters is 1. The number of primary sulfonamides is 1. The van der Waals surface area contributed by atoms with Crippen LogP contribution in [0.15, 0.2) is 51.8 Å². The maximum atomic E-state index is 12.4. The molecule has 0 fully saturated rings. The maximum absolute atomic E-state index is 12.4. The van der Waals surface area contributed by atoms with Crippen molar-refractivity contribution < 1.29 is 27.2 Å². The fourth-order valence-corrected chi connectivity index (χ4v) is 3.25. The third kappa shape index (κ3) is 3.76. The molecule has 1 heterocycles. The third-order valence-corrected chi connectivity index (χ3v) is 5.10. The molecular weight excluding hydrogens is 370 g/mol. The standard InChI is InChI=1S/C19H17NO6S/c1-11-7-8-13(27(20,23)24)9-15(11)19(22)25-10-16(21)18-12(2)14-5-3-4-6-17(14)26-18/h3-9H,10H2,1-2H3,(H2,20,23,24). The largest absolute Gasteiger partial charge is 0.454 e. The highest BCUT2D eigenvalue weighted by molar-refractivity contribution is 7.89. The third-order valence-electron chi connectivity index (χ3n) is 4.19. The van der Waals surface area contributed by atoms with E-state index in [-0.39, 0.29) is 16.2 Å². The van der Waals surface area contributed by atoms with E-state index in [1.54, 1.807) is 26.0 Å². The molecule has 140 valence electrons. The van der Waals surface area contributed by atoms with E-state index in [1.807, 2.05) is 12.1 Å². The molecule has 0 atom stereocenters. The number of hydrogen-bond acceptors (Lipinski definition) is 6. The SMILES string of the molecule is Cc1ccc(S(N)(=O)=O)cc1C(=O)OCC(=O)c1oc2ccccc2c1C. The van der Waals surface area contributed by atoms with Gasteiger partial charge in [0.25, 0.3) is 0 Å². The van der Waals surface area contributed by atoms with Crippen LogP contribution in [0, 0.1) is 13.8 Å². The van der Waals surface area contributed by atoms with Gasteiger partial charge in [-0.25, -0.2) is 18.4 Å². The van der Waals surface area contributed by atoms with Crippen LogP contribution >= 0.6 is 0 Å². The van der Waals surface area contributed by atoms with Crippen molar-refractivity contribution in [1.82, 2.24) is 0 Å². The number of hydrogen-bond donors (Lipinski definition) is 1. The highest BCUT2D eigenvalue weighted by Gasteiger charge is 2.21. The molecule has 0 saturated carbocycles. The number of furan rings is 1. The smallest absolute Gasteiger partial charge is 0.338 e. The molecule has 0 amide bonds. The highest BCUT2D eigenvalue weighted by atomic mass is 32.2. The summed E-state index contributed by atoms with van der Waals surface area (Å²) in [5.74, 6) is -1.18. The van der Waals surface area contributed by atoms with Crippen molar-refractivity contribution in [3.05, 3.63) is 64.9 Å². The summed E-state index contributed by atoms with van der Waals surface area (Å²) in [6.07, 6.45) is 0. The number of carbonyl (C=O) groups is 2. The lowest BCUT2D eigenvalue weighted by Gasteiger charge is -2.08. The maximum Gasteiger partial charge on any atom is 0.338 e. The van der Waals surface area contributed by atoms with E-state index in [0.717, 1.165) is 11.5 Å². The number of fused-ring (bicyclic) bond motifs is 1. The Balaban J connectivity index is 1.79. The molecule has 0 aliphatic heterocycles. The normalized spacial score (nSPS) is 11.5. The topological polar surface area (TPSA) is 117 Å². The van der Waals surface area contributed by atoms with Crippen LogP contribution in [0.4, 0.5) is 0 Å². The van der Waals surface area contributed by atoms with Gasteiger partial charge in [0.1, 0.15) is 5.58 Å². The van der Waals surface area contributed by atoms with Gasteiger partial charge in [-0.2, -0.15) is 0 Å². The van der Waals surface area contributed by atoms with Gasteiger partial charge >= 0.3 is 5.97 Å². The zero-order chi connectivity index (χ0) is 19.8. The molecule has 27 heavy (non-hydrogen) atoms. The molecule has 8 heteroatoms. The van der Waals surface area contributed by atoms with Crippen LogP contribution in [0.1, 0.15) is 32.0 Å². The van der Waals surface area contributed by atoms with Crippen molar-refractivity contribution in [1.29, 1.82) is 0 Å². The second-order valence-corrected chi connectivity index (χ2v) is 7.63. The number of nitrogens with two attached hydrogens (primary N) is 1. The first kappa shape index (κ1) is 18.8. The highest BCUT2D eigenvalue weighted by Crippen LogP contribution is 2.25. The van der Waals surface area contributed by atoms with Crippen LogP contribution in [0.2, 0.25) is 0 Å². The van der Waals surface area contributed by atoms with Gasteiger partial charge in [0.05, 0.1) is 10.5 Å². The molecule has 2 N–H and O–H groups in total. The minimum atomic E-state index is -3.96. The second kappa shape index (κ2) is 6.98. The van der Waals surface area contributed by atoms with Crippen LogP contribution in [0.5, 0.6) is 0 Å². The lowest BCUT2D eigenvalue weighted by molar-refractivity contribution is 0.0467. The average molecular weight is 387 g/mol. The van der Waals surface area contributed by atoms with Crippen molar-refractivity contribution in [3.63, 3.8) is 0 Å². The van der Waals surface area contributed by atoms with Gasteiger partial charge < -0.3 is 9.15 Å². The van der Waals surface area contributed by atoms with Gasteiger partial charge in [-0.3, -0.25) is 4.79 Å². The summed E-state index contributed by atoms with van der Waals surface area (Å²) < 4.78 is 33.5. The monoisotopic (exact) mass is 387 g/mol. The molecule has 0 unspecified atom stereocenters. The van der Waals surface area contributed by atoms with E-state index in [2.05, 4.69) is 0 Å². The van der Waals surface area contributed by atoms with E-state index < -0.39 is 28.4 Å². The van der Waals surface area contributed by atoms with Crippen molar-refractivity contribution >= 4 is 32.7 Å². The summed E-state index contributed by atoms with van der Waals surface area (Å²) in [5.41, 5.74) is 1.76. The molecule has 0 spiro atoms. The minimum Gasteiger partial charge on any atom is -0.454 e. The Morgan fingerprint density at radius 3 is 2.48 bits per heavy atom. The number of benzene rings is 2. The van der Waals surface area contributed by atoms with Gasteiger partial charge in [0, 0.05) is 10.9 Å². The quantitative estimate of drug-likeness (QED) is 0.531. The summed E-state index contributed by atoms with van der Waals surface area (Å²) in [4.78, 5) is 24.5. The van der Waals surface area contributed by atoms with Crippen molar-refractivity contribution in [2.24, 2.45) is 5.14 Å². The lowest BCUT2D eigenvalue weighted by Crippen LogP contribution is -2.17. The number of para-hydroxylation sites is 1. The molecule has 0 bridgehead atoms. The fourth-order valence-electron chi connectivity index (χ4n) is 2.71. The molecule has 0 saturated heterocycles. The molecule has 0 aliphatic rings. The van der Waals surface area contributed by atoms with Gasteiger partial charge in [-0.1, -0.05) is 24.3 Å². The predicted molar refractivity (Wildman–Crippen MR) is 98.1 cm³/mol. The van der Waals surface area contributed by atoms with E-state index in [4.69, 9.17) is 14.3 Å². The molecule has 3 aromatic rings. The summed E-state index contributed by atoms with van der Waals surface area (Å²) in [6.45, 7) is 2.84. The zero-order valence-corrected chi connectivity index (χ0v) is 15.5. The van der Waals surface area contributed by atoms with E-state index >= 15 is 0 Å². The summed E-state index contributed by atoms with van der Waals surface area (Å²) in [5, 5.41) is 5.89. The number of ketones is 1. The summed E-state index contributed by atoms with van der Waals surface area (Å²) >= 11 is 0. The first-order valence-electron chi connectivity index (χ1n) is 8.00. The Kier molecular flexibility index (Phi) is 4.86. The molecule has 1 aromatic heterocycles. The number of Topliss-reactive ketones (excluding diaryl/α,β-unsaturated/α-hetero) is 1. The van der Waals surface area contributed by atoms with Crippen LogP contribution in [-0.4, -0.2) is 26.8 Å². The average Bonchev–Trinajstić information content (AvgIpc) is 2.96. The zero-order valence-electron chi connectivity index (χ0n) is 14.7. The van der Waals surface area contributed by atoms with Crippen molar-refractivity contribution in [3.8, 4) is 0 Å². The minimum absolute atomic E-state index is 0.0238. The first-order chi connectivity index (χ1) is 12.7. The summed E-state index contributed by atoms with van der Waals surface area (Å²) in [7, 11) is -3.96. The number of aryl methyl sites for hydroxylation is 2. The lowest BCUT2D eigenvalue weighted by atomic mass is 10.1. The molecule has 0 radical (unpaired) electrons. The Bertz CT molecular complexity index is 1160. The molecule has 7 nitrogen and oxygen atoms in total. The van der Waals surface area contributed by atoms with Gasteiger partial charge in [-0.05, 0) is 37.6 Å². The van der Waals surface area contributed by atoms with Crippen molar-refractivity contribution in [2.75, 3.05) is 6.61 Å². The number of ether oxygens (including phenoxy) is 1. The predicted octanol–water partition coefficient (Wildman–Crippen LogP) is 2.74. The Morgan fingerprint density at radius 1 is 1.11 bits per heavy atom. The van der Waals surface area contributed by atoms with Gasteiger partial charge in [0.2, 0.25) is 15.8 Å². The number of sulfonamides is 1. The van der Waals surface area contributed by atoms with E-state index in [1.165, 1.54) is 12.1 Å². The molecule has 2 aromatic carbocycles. The van der Waals surface area contributed by atoms with E-state index in [9.17, 15) is 18.0 Å². The molecule has 0 aliphatic carbocycles. The van der Waals surface area contributed by atoms with E-state index in [0.29, 0.717) is 16.7 Å². The number of carbonyl (C=O) groups excluding carboxylic acids is 2. The molecule has 3 rings (SSSR count). The Labute approximate surface area is 155 Å². The van der Waals surface area contributed by atoms with Crippen LogP contribution in [-0.2, 0) is 14.8 Å². The Hall–Kier alpha value is -2.97. The van der Waals surface area contributed by atoms with Crippen LogP contribution in [0.3, 0.4) is 0 Å². The van der Waals surface area contributed by atoms with Crippen molar-refractivity contribution in [2.45, 2.75) is 18.7 Å².